The number of rotatable bonds is 5. The number of esters is 2. The number of benzene rings is 1. The van der Waals surface area contributed by atoms with Crippen LogP contribution in [-0.4, -0.2) is 43.9 Å². The maximum Gasteiger partial charge on any atom is 0.337 e. The van der Waals surface area contributed by atoms with E-state index in [1.54, 1.807) is 6.07 Å². The molecule has 0 aliphatic heterocycles. The van der Waals surface area contributed by atoms with Gasteiger partial charge in [0.25, 0.3) is 5.91 Å². The van der Waals surface area contributed by atoms with Gasteiger partial charge >= 0.3 is 11.9 Å². The van der Waals surface area contributed by atoms with E-state index in [1.807, 2.05) is 0 Å². The first-order chi connectivity index (χ1) is 12.0. The third-order valence-corrected chi connectivity index (χ3v) is 4.28. The summed E-state index contributed by atoms with van der Waals surface area (Å²) in [6.07, 6.45) is 2.08. The molecular weight excluding hydrogens is 326 g/mol. The summed E-state index contributed by atoms with van der Waals surface area (Å²) in [5.74, 6) is -1.87. The molecule has 1 aliphatic rings. The van der Waals surface area contributed by atoms with Gasteiger partial charge in [-0.25, -0.2) is 9.59 Å². The summed E-state index contributed by atoms with van der Waals surface area (Å²) < 4.78 is 9.41. The summed E-state index contributed by atoms with van der Waals surface area (Å²) in [6, 6.07) is 5.10. The first-order valence-electron chi connectivity index (χ1n) is 8.05. The van der Waals surface area contributed by atoms with Gasteiger partial charge in [0.2, 0.25) is 0 Å². The number of ketones is 1. The number of nitrogens with one attached hydrogen (secondary N) is 1. The van der Waals surface area contributed by atoms with Gasteiger partial charge in [-0.1, -0.05) is 6.07 Å². The number of hydrogen-bond acceptors (Lipinski definition) is 6. The van der Waals surface area contributed by atoms with Crippen molar-refractivity contribution < 1.29 is 28.7 Å². The third-order valence-electron chi connectivity index (χ3n) is 4.28. The van der Waals surface area contributed by atoms with Gasteiger partial charge in [-0.15, -0.1) is 0 Å². The quantitative estimate of drug-likeness (QED) is 0.811. The highest BCUT2D eigenvalue weighted by Gasteiger charge is 2.34. The van der Waals surface area contributed by atoms with Crippen molar-refractivity contribution in [2.75, 3.05) is 14.2 Å². The lowest BCUT2D eigenvalue weighted by atomic mass is 9.83. The molecular formula is C18H21NO6. The van der Waals surface area contributed by atoms with Crippen LogP contribution in [0.4, 0.5) is 0 Å². The number of hydrogen-bond donors (Lipinski definition) is 1. The molecule has 1 amide bonds. The van der Waals surface area contributed by atoms with Crippen molar-refractivity contribution in [1.82, 2.24) is 5.32 Å². The Morgan fingerprint density at radius 2 is 1.88 bits per heavy atom. The molecule has 7 heteroatoms. The van der Waals surface area contributed by atoms with Gasteiger partial charge in [-0.2, -0.15) is 0 Å². The molecule has 134 valence electrons. The van der Waals surface area contributed by atoms with Crippen molar-refractivity contribution in [2.24, 2.45) is 5.92 Å². The Bertz CT molecular complexity index is 684. The molecule has 0 aromatic heterocycles. The topological polar surface area (TPSA) is 98.8 Å². The molecule has 0 bridgehead atoms. The zero-order chi connectivity index (χ0) is 18.4. The number of carbonyl (C=O) groups is 4. The highest BCUT2D eigenvalue weighted by molar-refractivity contribution is 5.99. The van der Waals surface area contributed by atoms with Crippen molar-refractivity contribution >= 4 is 23.6 Å². The molecule has 0 radical (unpaired) electrons. The van der Waals surface area contributed by atoms with Crippen molar-refractivity contribution in [2.45, 2.75) is 31.7 Å². The monoisotopic (exact) mass is 347 g/mol. The van der Waals surface area contributed by atoms with E-state index >= 15 is 0 Å². The molecule has 1 aliphatic carbocycles. The van der Waals surface area contributed by atoms with Gasteiger partial charge < -0.3 is 14.8 Å². The molecule has 1 saturated carbocycles. The Hall–Kier alpha value is -2.70. The summed E-state index contributed by atoms with van der Waals surface area (Å²) in [5.41, 5.74) is 0.455. The van der Waals surface area contributed by atoms with Crippen LogP contribution in [0.15, 0.2) is 24.3 Å². The second-order valence-corrected chi connectivity index (χ2v) is 5.94. The Morgan fingerprint density at radius 3 is 2.52 bits per heavy atom. The van der Waals surface area contributed by atoms with Crippen LogP contribution in [0.5, 0.6) is 0 Å². The zero-order valence-corrected chi connectivity index (χ0v) is 14.2. The summed E-state index contributed by atoms with van der Waals surface area (Å²) in [7, 11) is 2.49. The maximum atomic E-state index is 12.5. The Morgan fingerprint density at radius 1 is 1.16 bits per heavy atom. The van der Waals surface area contributed by atoms with Crippen LogP contribution in [0.1, 0.15) is 46.4 Å². The molecule has 1 N–H and O–H groups in total. The van der Waals surface area contributed by atoms with Crippen LogP contribution >= 0.6 is 0 Å². The van der Waals surface area contributed by atoms with E-state index < -0.39 is 23.9 Å². The molecule has 7 nitrogen and oxygen atoms in total. The van der Waals surface area contributed by atoms with Crippen molar-refractivity contribution in [1.29, 1.82) is 0 Å². The van der Waals surface area contributed by atoms with Gasteiger partial charge in [0.15, 0.2) is 0 Å². The van der Waals surface area contributed by atoms with E-state index in [4.69, 9.17) is 4.74 Å². The van der Waals surface area contributed by atoms with E-state index in [-0.39, 0.29) is 29.2 Å². The molecule has 0 saturated heterocycles. The van der Waals surface area contributed by atoms with Crippen LogP contribution in [0.2, 0.25) is 0 Å². The van der Waals surface area contributed by atoms with Crippen molar-refractivity contribution in [3.63, 3.8) is 0 Å². The molecule has 1 fully saturated rings. The number of ether oxygens (including phenoxy) is 2. The third kappa shape index (κ3) is 4.65. The second-order valence-electron chi connectivity index (χ2n) is 5.94. The van der Waals surface area contributed by atoms with Gasteiger partial charge in [-0.3, -0.25) is 9.59 Å². The highest BCUT2D eigenvalue weighted by atomic mass is 16.5. The largest absolute Gasteiger partial charge is 0.467 e. The number of carbonyl (C=O) groups excluding carboxylic acids is 4. The van der Waals surface area contributed by atoms with E-state index in [0.29, 0.717) is 19.3 Å². The van der Waals surface area contributed by atoms with E-state index in [1.165, 1.54) is 32.4 Å². The van der Waals surface area contributed by atoms with Crippen molar-refractivity contribution in [3.05, 3.63) is 35.4 Å². The average molecular weight is 347 g/mol. The number of amides is 1. The molecule has 1 aromatic rings. The number of methoxy groups -OCH3 is 2. The molecule has 2 atom stereocenters. The van der Waals surface area contributed by atoms with Gasteiger partial charge in [-0.05, 0) is 37.0 Å². The standard InChI is InChI=1S/C18H21NO6/c1-24-17(22)13-7-3-6-12(9-13)16(21)19-15(18(23)25-2)11-5-4-8-14(20)10-11/h3,6-7,9,11,15H,4-5,8,10H2,1-2H3,(H,19,21)/t11-,15+/m0/s1. The van der Waals surface area contributed by atoms with Crippen molar-refractivity contribution in [3.8, 4) is 0 Å². The van der Waals surface area contributed by atoms with Crippen LogP contribution in [0.3, 0.4) is 0 Å². The fraction of sp³-hybridized carbons (Fsp3) is 0.444. The minimum Gasteiger partial charge on any atom is -0.467 e. The minimum absolute atomic E-state index is 0.0760. The van der Waals surface area contributed by atoms with Gasteiger partial charge in [0, 0.05) is 18.4 Å². The Kier molecular flexibility index (Phi) is 6.27. The summed E-state index contributed by atoms with van der Waals surface area (Å²) in [5, 5.41) is 2.64. The lowest BCUT2D eigenvalue weighted by molar-refractivity contribution is -0.145. The van der Waals surface area contributed by atoms with E-state index in [2.05, 4.69) is 10.1 Å². The summed E-state index contributed by atoms with van der Waals surface area (Å²) >= 11 is 0. The molecule has 25 heavy (non-hydrogen) atoms. The van der Waals surface area contributed by atoms with Crippen LogP contribution in [0, 0.1) is 5.92 Å². The molecule has 0 spiro atoms. The summed E-state index contributed by atoms with van der Waals surface area (Å²) in [6.45, 7) is 0. The highest BCUT2D eigenvalue weighted by Crippen LogP contribution is 2.25. The molecule has 0 heterocycles. The first kappa shape index (κ1) is 18.6. The second kappa shape index (κ2) is 8.41. The normalized spacial score (nSPS) is 18.2. The SMILES string of the molecule is COC(=O)c1cccc(C(=O)N[C@@H](C(=O)OC)[C@H]2CCCC(=O)C2)c1. The lowest BCUT2D eigenvalue weighted by Gasteiger charge is -2.28. The average Bonchev–Trinajstić information content (AvgIpc) is 2.64. The van der Waals surface area contributed by atoms with Crippen LogP contribution < -0.4 is 5.32 Å². The lowest BCUT2D eigenvalue weighted by Crippen LogP contribution is -2.48. The Labute approximate surface area is 145 Å². The van der Waals surface area contributed by atoms with Gasteiger partial charge in [0.05, 0.1) is 19.8 Å². The summed E-state index contributed by atoms with van der Waals surface area (Å²) in [4.78, 5) is 47.9. The van der Waals surface area contributed by atoms with Gasteiger partial charge in [0.1, 0.15) is 11.8 Å². The van der Waals surface area contributed by atoms with Crippen LogP contribution in [-0.2, 0) is 19.1 Å². The molecule has 0 unspecified atom stereocenters. The first-order valence-corrected chi connectivity index (χ1v) is 8.05. The zero-order valence-electron chi connectivity index (χ0n) is 14.2. The predicted octanol–water partition coefficient (Wildman–Crippen LogP) is 1.50. The fourth-order valence-corrected chi connectivity index (χ4v) is 2.97. The molecule has 1 aromatic carbocycles. The predicted molar refractivity (Wildman–Crippen MR) is 88.0 cm³/mol. The smallest absolute Gasteiger partial charge is 0.337 e. The minimum atomic E-state index is -0.900. The maximum absolute atomic E-state index is 12.5. The van der Waals surface area contributed by atoms with Crippen LogP contribution in [0.25, 0.3) is 0 Å². The Balaban J connectivity index is 2.18. The number of Topliss-reactive ketones (excluding diaryl/α,β-unsaturated/α-hetero) is 1. The van der Waals surface area contributed by atoms with E-state index in [9.17, 15) is 19.2 Å². The molecule has 2 rings (SSSR count). The van der Waals surface area contributed by atoms with E-state index in [0.717, 1.165) is 0 Å². The fourth-order valence-electron chi connectivity index (χ4n) is 2.97.